The standard InChI is InChI=1S/C36H70O.C2H4O.3Na.H3O4P/c1-3-5-7-9-11-13-15-17-19-21-23-25-27-29-31-33-35-37-36-34-32-30-28-26-24-22-20-18-16-14-12-10-8-6-4-2;1-2-3-1;;;;1-5(2,3)4/h17-20H,3-16,21-36H2,1-2H3;1-2H2;;;;(H3,1,2,3,4)/q;;3*+1;/p-3/b19-17-,20-18-;;;;;. The van der Waals surface area contributed by atoms with Gasteiger partial charge < -0.3 is 28.7 Å². The van der Waals surface area contributed by atoms with Gasteiger partial charge >= 0.3 is 88.7 Å². The van der Waals surface area contributed by atoms with Crippen molar-refractivity contribution in [2.75, 3.05) is 26.4 Å². The maximum Gasteiger partial charge on any atom is 1.00 e. The Hall–Kier alpha value is 2.51. The summed E-state index contributed by atoms with van der Waals surface area (Å²) in [7, 11) is -5.39. The maximum absolute atomic E-state index is 8.55. The summed E-state index contributed by atoms with van der Waals surface area (Å²) in [5.74, 6) is 0. The Morgan fingerprint density at radius 1 is 0.458 bits per heavy atom. The fraction of sp³-hybridized carbons (Fsp3) is 0.895. The van der Waals surface area contributed by atoms with Crippen molar-refractivity contribution in [2.24, 2.45) is 0 Å². The zero-order valence-electron chi connectivity index (χ0n) is 32.8. The molecule has 0 aromatic carbocycles. The fourth-order valence-corrected chi connectivity index (χ4v) is 5.01. The van der Waals surface area contributed by atoms with E-state index in [4.69, 9.17) is 24.0 Å². The Morgan fingerprint density at radius 2 is 0.667 bits per heavy atom. The molecule has 0 aromatic heterocycles. The molecule has 270 valence electrons. The summed E-state index contributed by atoms with van der Waals surface area (Å²) in [6.45, 7) is 8.54. The molecule has 0 bridgehead atoms. The summed E-state index contributed by atoms with van der Waals surface area (Å²) in [5.41, 5.74) is 0. The number of ether oxygens (including phenoxy) is 2. The van der Waals surface area contributed by atoms with Crippen LogP contribution in [0.25, 0.3) is 0 Å². The van der Waals surface area contributed by atoms with Crippen LogP contribution in [0.3, 0.4) is 0 Å². The van der Waals surface area contributed by atoms with E-state index in [0.717, 1.165) is 26.4 Å². The van der Waals surface area contributed by atoms with Crippen LogP contribution in [-0.4, -0.2) is 26.4 Å². The molecule has 1 rings (SSSR count). The van der Waals surface area contributed by atoms with Crippen molar-refractivity contribution in [3.8, 4) is 0 Å². The average Bonchev–Trinajstić information content (AvgIpc) is 3.89. The molecule has 0 aliphatic carbocycles. The van der Waals surface area contributed by atoms with E-state index in [0.29, 0.717) is 0 Å². The van der Waals surface area contributed by atoms with Crippen molar-refractivity contribution in [2.45, 2.75) is 194 Å². The van der Waals surface area contributed by atoms with Crippen LogP contribution in [0.15, 0.2) is 24.3 Å². The largest absolute Gasteiger partial charge is 1.00 e. The predicted octanol–water partition coefficient (Wildman–Crippen LogP) is 1.28. The first-order chi connectivity index (χ1) is 21.9. The van der Waals surface area contributed by atoms with Gasteiger partial charge in [-0.3, -0.25) is 0 Å². The minimum Gasteiger partial charge on any atom is -0.822 e. The van der Waals surface area contributed by atoms with Gasteiger partial charge in [0.05, 0.1) is 13.2 Å². The van der Waals surface area contributed by atoms with Crippen LogP contribution in [0, 0.1) is 0 Å². The Morgan fingerprint density at radius 3 is 0.896 bits per heavy atom. The number of hydrogen-bond donors (Lipinski definition) is 0. The number of rotatable bonds is 32. The van der Waals surface area contributed by atoms with Crippen LogP contribution in [0.2, 0.25) is 0 Å². The van der Waals surface area contributed by atoms with E-state index in [1.807, 2.05) is 0 Å². The van der Waals surface area contributed by atoms with Gasteiger partial charge in [-0.25, -0.2) is 0 Å². The minimum absolute atomic E-state index is 0. The van der Waals surface area contributed by atoms with E-state index in [1.165, 1.54) is 180 Å². The van der Waals surface area contributed by atoms with E-state index < -0.39 is 7.82 Å². The SMILES string of the molecule is C1CO1.CCCCCCCC/C=C\CCCCCCCCOCCCCCCCC/C=C\CCCCCCCC.O=P([O-])([O-])[O-].[Na+].[Na+].[Na+]. The zero-order valence-corrected chi connectivity index (χ0v) is 39.7. The number of unbranched alkanes of at least 4 members (excludes halogenated alkanes) is 24. The molecule has 0 N–H and O–H groups in total. The van der Waals surface area contributed by atoms with Crippen molar-refractivity contribution in [3.05, 3.63) is 24.3 Å². The summed E-state index contributed by atoms with van der Waals surface area (Å²) in [6, 6.07) is 0. The van der Waals surface area contributed by atoms with Gasteiger partial charge in [-0.1, -0.05) is 154 Å². The van der Waals surface area contributed by atoms with E-state index in [-0.39, 0.29) is 88.7 Å². The molecule has 1 aliphatic heterocycles. The summed E-state index contributed by atoms with van der Waals surface area (Å²) in [6.07, 6.45) is 48.1. The van der Waals surface area contributed by atoms with Crippen molar-refractivity contribution >= 4 is 7.82 Å². The third kappa shape index (κ3) is 77.8. The molecule has 0 saturated carbocycles. The molecule has 0 atom stereocenters. The Labute approximate surface area is 365 Å². The smallest absolute Gasteiger partial charge is 0.822 e. The van der Waals surface area contributed by atoms with Gasteiger partial charge in [0.1, 0.15) is 0 Å². The summed E-state index contributed by atoms with van der Waals surface area (Å²) in [4.78, 5) is 25.6. The molecular formula is C38H74Na3O6P. The summed E-state index contributed by atoms with van der Waals surface area (Å²) in [5, 5.41) is 0. The first kappa shape index (κ1) is 59.8. The molecule has 0 amide bonds. The van der Waals surface area contributed by atoms with Crippen molar-refractivity contribution in [1.29, 1.82) is 0 Å². The van der Waals surface area contributed by atoms with Gasteiger partial charge in [0.2, 0.25) is 0 Å². The van der Waals surface area contributed by atoms with Crippen molar-refractivity contribution in [1.82, 2.24) is 0 Å². The first-order valence-corrected chi connectivity index (χ1v) is 20.6. The third-order valence-corrected chi connectivity index (χ3v) is 7.81. The molecule has 1 aliphatic rings. The molecule has 1 heterocycles. The molecule has 48 heavy (non-hydrogen) atoms. The van der Waals surface area contributed by atoms with Crippen molar-refractivity contribution in [3.63, 3.8) is 0 Å². The van der Waals surface area contributed by atoms with Gasteiger partial charge in [0, 0.05) is 13.2 Å². The molecule has 0 unspecified atom stereocenters. The van der Waals surface area contributed by atoms with E-state index >= 15 is 0 Å². The zero-order chi connectivity index (χ0) is 33.4. The second kappa shape index (κ2) is 53.9. The molecule has 1 saturated heterocycles. The maximum atomic E-state index is 8.55. The normalized spacial score (nSPS) is 11.9. The Bertz CT molecular complexity index is 597. The van der Waals surface area contributed by atoms with Gasteiger partial charge in [-0.2, -0.15) is 7.82 Å². The second-order valence-corrected chi connectivity index (χ2v) is 13.4. The van der Waals surface area contributed by atoms with Gasteiger partial charge in [0.15, 0.2) is 0 Å². The van der Waals surface area contributed by atoms with Crippen LogP contribution in [0.1, 0.15) is 194 Å². The van der Waals surface area contributed by atoms with Crippen LogP contribution >= 0.6 is 7.82 Å². The molecule has 1 fully saturated rings. The fourth-order valence-electron chi connectivity index (χ4n) is 5.01. The summed E-state index contributed by atoms with van der Waals surface area (Å²) < 4.78 is 18.9. The quantitative estimate of drug-likeness (QED) is 0.0340. The molecular weight excluding hydrogens is 652 g/mol. The average molecular weight is 727 g/mol. The van der Waals surface area contributed by atoms with Crippen LogP contribution in [0.5, 0.6) is 0 Å². The van der Waals surface area contributed by atoms with Gasteiger partial charge in [0.25, 0.3) is 0 Å². The minimum atomic E-state index is -5.39. The number of phosphoric acid groups is 1. The molecule has 0 spiro atoms. The van der Waals surface area contributed by atoms with E-state index in [2.05, 4.69) is 42.9 Å². The number of epoxide rings is 1. The molecule has 10 heteroatoms. The van der Waals surface area contributed by atoms with Crippen LogP contribution in [0.4, 0.5) is 0 Å². The predicted molar refractivity (Wildman–Crippen MR) is 188 cm³/mol. The number of hydrogen-bond acceptors (Lipinski definition) is 6. The monoisotopic (exact) mass is 726 g/mol. The van der Waals surface area contributed by atoms with Gasteiger partial charge in [-0.15, -0.1) is 0 Å². The first-order valence-electron chi connectivity index (χ1n) is 19.1. The van der Waals surface area contributed by atoms with Gasteiger partial charge in [-0.05, 0) is 64.2 Å². The van der Waals surface area contributed by atoms with E-state index in [1.54, 1.807) is 0 Å². The van der Waals surface area contributed by atoms with Crippen LogP contribution in [-0.2, 0) is 14.0 Å². The topological polar surface area (TPSA) is 108 Å². The second-order valence-electron chi connectivity index (χ2n) is 12.5. The number of allylic oxidation sites excluding steroid dienone is 4. The molecule has 6 nitrogen and oxygen atoms in total. The molecule has 0 aromatic rings. The van der Waals surface area contributed by atoms with Crippen molar-refractivity contribution < 1.29 is 117 Å². The Balaban J connectivity index is -0.000000492. The van der Waals surface area contributed by atoms with Crippen LogP contribution < -0.4 is 103 Å². The summed E-state index contributed by atoms with van der Waals surface area (Å²) >= 11 is 0. The van der Waals surface area contributed by atoms with E-state index in [9.17, 15) is 0 Å². The third-order valence-electron chi connectivity index (χ3n) is 7.81. The Kier molecular flexibility index (Phi) is 67.1. The molecule has 0 radical (unpaired) electrons.